The molecule has 0 aromatic carbocycles. The zero-order valence-electron chi connectivity index (χ0n) is 17.1. The number of aldehydes is 1. The van der Waals surface area contributed by atoms with Crippen LogP contribution in [0.1, 0.15) is 78.6 Å². The summed E-state index contributed by atoms with van der Waals surface area (Å²) in [7, 11) is 0. The molecule has 8 atom stereocenters. The molecule has 148 valence electrons. The van der Waals surface area contributed by atoms with Crippen molar-refractivity contribution >= 4 is 12.1 Å². The quantitative estimate of drug-likeness (QED) is 0.557. The number of hydrogen-bond donors (Lipinski definition) is 1. The Morgan fingerprint density at radius 1 is 1.00 bits per heavy atom. The van der Waals surface area contributed by atoms with E-state index in [9.17, 15) is 14.7 Å². The molecular formula is C24H34O3. The minimum atomic E-state index is -0.978. The number of carbonyl (C=O) groups excluding carboxylic acids is 2. The van der Waals surface area contributed by atoms with Gasteiger partial charge in [0, 0.05) is 5.92 Å². The van der Waals surface area contributed by atoms with Gasteiger partial charge in [-0.15, -0.1) is 0 Å². The Balaban J connectivity index is 1.58. The molecule has 3 heteroatoms. The van der Waals surface area contributed by atoms with E-state index in [1.54, 1.807) is 6.92 Å². The molecule has 4 aliphatic rings. The Hall–Kier alpha value is -1.14. The zero-order valence-corrected chi connectivity index (χ0v) is 17.1. The van der Waals surface area contributed by atoms with Crippen LogP contribution >= 0.6 is 0 Å². The first kappa shape index (κ1) is 19.2. The number of fused-ring (bicyclic) bond motifs is 5. The lowest BCUT2D eigenvalue weighted by Gasteiger charge is -2.61. The van der Waals surface area contributed by atoms with Gasteiger partial charge < -0.3 is 5.11 Å². The second-order valence-corrected chi connectivity index (χ2v) is 10.6. The maximum absolute atomic E-state index is 12.2. The molecule has 27 heavy (non-hydrogen) atoms. The zero-order chi connectivity index (χ0) is 19.4. The molecule has 0 radical (unpaired) electrons. The molecular weight excluding hydrogens is 336 g/mol. The normalized spacial score (nSPS) is 51.2. The Bertz CT molecular complexity index is 702. The van der Waals surface area contributed by atoms with Crippen molar-refractivity contribution in [2.75, 3.05) is 0 Å². The molecule has 0 unspecified atom stereocenters. The minimum absolute atomic E-state index is 0.209. The Morgan fingerprint density at radius 2 is 1.74 bits per heavy atom. The van der Waals surface area contributed by atoms with E-state index in [0.29, 0.717) is 42.7 Å². The van der Waals surface area contributed by atoms with Crippen LogP contribution in [0.4, 0.5) is 0 Å². The highest BCUT2D eigenvalue weighted by molar-refractivity contribution is 5.79. The number of carbonyl (C=O) groups is 2. The van der Waals surface area contributed by atoms with Gasteiger partial charge >= 0.3 is 0 Å². The average Bonchev–Trinajstić information content (AvgIpc) is 2.98. The smallest absolute Gasteiger partial charge is 0.192 e. The van der Waals surface area contributed by atoms with E-state index in [2.05, 4.69) is 25.7 Å². The van der Waals surface area contributed by atoms with Crippen LogP contribution in [-0.2, 0) is 9.59 Å². The highest BCUT2D eigenvalue weighted by Crippen LogP contribution is 2.68. The summed E-state index contributed by atoms with van der Waals surface area (Å²) < 4.78 is 0. The van der Waals surface area contributed by atoms with Gasteiger partial charge in [-0.25, -0.2) is 0 Å². The van der Waals surface area contributed by atoms with Gasteiger partial charge in [0.15, 0.2) is 6.29 Å². The molecule has 4 aliphatic carbocycles. The summed E-state index contributed by atoms with van der Waals surface area (Å²) in [6.45, 7) is 6.65. The molecule has 0 aliphatic heterocycles. The van der Waals surface area contributed by atoms with Crippen LogP contribution in [0, 0.1) is 52.3 Å². The largest absolute Gasteiger partial charge is 0.378 e. The van der Waals surface area contributed by atoms with Gasteiger partial charge in [0.2, 0.25) is 0 Å². The summed E-state index contributed by atoms with van der Waals surface area (Å²) in [4.78, 5) is 22.9. The number of ketones is 1. The molecule has 4 rings (SSSR count). The predicted molar refractivity (Wildman–Crippen MR) is 105 cm³/mol. The van der Waals surface area contributed by atoms with Gasteiger partial charge in [-0.2, -0.15) is 0 Å². The molecule has 4 saturated carbocycles. The highest BCUT2D eigenvalue weighted by Gasteiger charge is 2.61. The third kappa shape index (κ3) is 2.82. The fourth-order valence-electron chi connectivity index (χ4n) is 8.19. The third-order valence-corrected chi connectivity index (χ3v) is 9.58. The lowest BCUT2D eigenvalue weighted by atomic mass is 9.44. The van der Waals surface area contributed by atoms with E-state index in [-0.39, 0.29) is 16.7 Å². The van der Waals surface area contributed by atoms with Gasteiger partial charge in [0.25, 0.3) is 0 Å². The van der Waals surface area contributed by atoms with Crippen molar-refractivity contribution in [2.45, 2.75) is 84.2 Å². The fraction of sp³-hybridized carbons (Fsp3) is 0.833. The standard InChI is InChI=1S/C24H34O3/c1-16(26)19-7-8-20-18-6-5-17-15-24(27,10-4-14-25)13-12-22(17,2)21(18)9-11-23(19,20)3/h14,17-21,27H,5-9,11-13,15H2,1-3H3/t17-,18+,19-,20+,21+,22+,23-,24-/m1/s1. The van der Waals surface area contributed by atoms with Crippen molar-refractivity contribution in [2.24, 2.45) is 40.4 Å². The third-order valence-electron chi connectivity index (χ3n) is 9.58. The molecule has 0 amide bonds. The van der Waals surface area contributed by atoms with Crippen molar-refractivity contribution < 1.29 is 14.7 Å². The first-order valence-electron chi connectivity index (χ1n) is 10.9. The van der Waals surface area contributed by atoms with E-state index in [1.807, 2.05) is 0 Å². The van der Waals surface area contributed by atoms with Gasteiger partial charge in [0.05, 0.1) is 0 Å². The maximum atomic E-state index is 12.2. The molecule has 0 saturated heterocycles. The van der Waals surface area contributed by atoms with Crippen molar-refractivity contribution in [1.82, 2.24) is 0 Å². The summed E-state index contributed by atoms with van der Waals surface area (Å²) in [5.41, 5.74) is -0.497. The topological polar surface area (TPSA) is 54.4 Å². The summed E-state index contributed by atoms with van der Waals surface area (Å²) >= 11 is 0. The van der Waals surface area contributed by atoms with E-state index >= 15 is 0 Å². The predicted octanol–water partition coefficient (Wildman–Crippen LogP) is 4.17. The first-order valence-corrected chi connectivity index (χ1v) is 10.9. The van der Waals surface area contributed by atoms with E-state index in [1.165, 1.54) is 25.7 Å². The SMILES string of the molecule is CC(=O)[C@H]1CC[C@H]2[C@@H]3CC[C@@H]4C[C@@](O)(C#CC=O)CC[C@]4(C)[C@H]3CC[C@]12C. The Morgan fingerprint density at radius 3 is 2.44 bits per heavy atom. The lowest BCUT2D eigenvalue weighted by Crippen LogP contribution is -2.56. The molecule has 0 bridgehead atoms. The van der Waals surface area contributed by atoms with Crippen LogP contribution in [0.25, 0.3) is 0 Å². The summed E-state index contributed by atoms with van der Waals surface area (Å²) in [6.07, 6.45) is 10.1. The summed E-state index contributed by atoms with van der Waals surface area (Å²) in [6, 6.07) is 0. The Kier molecular flexibility index (Phi) is 4.58. The van der Waals surface area contributed by atoms with Gasteiger partial charge in [-0.05, 0) is 105 Å². The van der Waals surface area contributed by atoms with Crippen LogP contribution in [0.3, 0.4) is 0 Å². The van der Waals surface area contributed by atoms with Crippen molar-refractivity contribution in [3.05, 3.63) is 0 Å². The monoisotopic (exact) mass is 370 g/mol. The average molecular weight is 371 g/mol. The van der Waals surface area contributed by atoms with E-state index < -0.39 is 5.60 Å². The molecule has 0 spiro atoms. The molecule has 0 aromatic heterocycles. The van der Waals surface area contributed by atoms with Crippen LogP contribution in [0.5, 0.6) is 0 Å². The van der Waals surface area contributed by atoms with Crippen molar-refractivity contribution in [3.8, 4) is 11.8 Å². The van der Waals surface area contributed by atoms with Crippen molar-refractivity contribution in [1.29, 1.82) is 0 Å². The maximum Gasteiger partial charge on any atom is 0.192 e. The van der Waals surface area contributed by atoms with Crippen LogP contribution in [0.15, 0.2) is 0 Å². The van der Waals surface area contributed by atoms with E-state index in [4.69, 9.17) is 0 Å². The highest BCUT2D eigenvalue weighted by atomic mass is 16.3. The lowest BCUT2D eigenvalue weighted by molar-refractivity contribution is -0.144. The number of hydrogen-bond acceptors (Lipinski definition) is 3. The number of aliphatic hydroxyl groups is 1. The molecule has 0 heterocycles. The number of rotatable bonds is 1. The molecule has 1 N–H and O–H groups in total. The first-order chi connectivity index (χ1) is 12.7. The van der Waals surface area contributed by atoms with E-state index in [0.717, 1.165) is 25.2 Å². The minimum Gasteiger partial charge on any atom is -0.378 e. The summed E-state index contributed by atoms with van der Waals surface area (Å²) in [5, 5.41) is 10.9. The van der Waals surface area contributed by atoms with Gasteiger partial charge in [0.1, 0.15) is 11.4 Å². The van der Waals surface area contributed by atoms with Gasteiger partial charge in [-0.1, -0.05) is 19.8 Å². The number of Topliss-reactive ketones (excluding diaryl/α,β-unsaturated/α-hetero) is 1. The van der Waals surface area contributed by atoms with Crippen LogP contribution < -0.4 is 0 Å². The Labute approximate surface area is 163 Å². The van der Waals surface area contributed by atoms with Crippen molar-refractivity contribution in [3.63, 3.8) is 0 Å². The van der Waals surface area contributed by atoms with Crippen LogP contribution in [0.2, 0.25) is 0 Å². The summed E-state index contributed by atoms with van der Waals surface area (Å²) in [5.74, 6) is 8.59. The second kappa shape index (κ2) is 6.45. The fourth-order valence-corrected chi connectivity index (χ4v) is 8.19. The van der Waals surface area contributed by atoms with Crippen LogP contribution in [-0.4, -0.2) is 22.8 Å². The molecule has 4 fully saturated rings. The molecule has 3 nitrogen and oxygen atoms in total. The second-order valence-electron chi connectivity index (χ2n) is 10.6. The van der Waals surface area contributed by atoms with Gasteiger partial charge in [-0.3, -0.25) is 9.59 Å². The molecule has 0 aromatic rings.